The van der Waals surface area contributed by atoms with E-state index >= 15 is 0 Å². The molecule has 1 aliphatic heterocycles. The van der Waals surface area contributed by atoms with E-state index in [1.165, 1.54) is 0 Å². The van der Waals surface area contributed by atoms with E-state index < -0.39 is 0 Å². The van der Waals surface area contributed by atoms with E-state index in [9.17, 15) is 9.18 Å². The lowest BCUT2D eigenvalue weighted by Gasteiger charge is -2.23. The standard InChI is InChI=1S/C16H22FNO/c1-12-6-4-7-13(14(12)17)15(19)18-10-5-8-16(2,3)9-11-18/h4,6-7H,5,8-11H2,1-3H3. The van der Waals surface area contributed by atoms with Gasteiger partial charge in [-0.25, -0.2) is 4.39 Å². The van der Waals surface area contributed by atoms with Gasteiger partial charge in [-0.2, -0.15) is 0 Å². The maximum atomic E-state index is 14.0. The van der Waals surface area contributed by atoms with Crippen LogP contribution in [0.4, 0.5) is 4.39 Å². The Kier molecular flexibility index (Phi) is 3.93. The second-order valence-corrected chi connectivity index (χ2v) is 6.25. The molecule has 0 unspecified atom stereocenters. The molecule has 0 saturated carbocycles. The molecule has 1 aromatic carbocycles. The molecule has 0 atom stereocenters. The highest BCUT2D eigenvalue weighted by Crippen LogP contribution is 2.30. The molecule has 1 saturated heterocycles. The quantitative estimate of drug-likeness (QED) is 0.755. The Bertz CT molecular complexity index is 482. The number of hydrogen-bond donors (Lipinski definition) is 0. The van der Waals surface area contributed by atoms with Crippen LogP contribution in [0.2, 0.25) is 0 Å². The molecule has 1 aliphatic rings. The summed E-state index contributed by atoms with van der Waals surface area (Å²) in [5.41, 5.74) is 1.01. The number of carbonyl (C=O) groups is 1. The third-order valence-electron chi connectivity index (χ3n) is 4.05. The highest BCUT2D eigenvalue weighted by Gasteiger charge is 2.27. The van der Waals surface area contributed by atoms with Gasteiger partial charge in [0.25, 0.3) is 5.91 Å². The number of likely N-dealkylation sites (tertiary alicyclic amines) is 1. The van der Waals surface area contributed by atoms with Gasteiger partial charge >= 0.3 is 0 Å². The van der Waals surface area contributed by atoms with Gasteiger partial charge in [-0.05, 0) is 43.2 Å². The third-order valence-corrected chi connectivity index (χ3v) is 4.05. The van der Waals surface area contributed by atoms with E-state index in [0.717, 1.165) is 32.4 Å². The number of rotatable bonds is 1. The second kappa shape index (κ2) is 5.32. The van der Waals surface area contributed by atoms with Crippen LogP contribution >= 0.6 is 0 Å². The fourth-order valence-electron chi connectivity index (χ4n) is 2.61. The molecular formula is C16H22FNO. The summed E-state index contributed by atoms with van der Waals surface area (Å²) in [6.45, 7) is 7.61. The number of amides is 1. The average Bonchev–Trinajstić information content (AvgIpc) is 2.53. The Morgan fingerprint density at radius 2 is 2.00 bits per heavy atom. The van der Waals surface area contributed by atoms with Crippen molar-refractivity contribution in [1.29, 1.82) is 0 Å². The highest BCUT2D eigenvalue weighted by atomic mass is 19.1. The first-order valence-electron chi connectivity index (χ1n) is 6.95. The van der Waals surface area contributed by atoms with Crippen molar-refractivity contribution >= 4 is 5.91 Å². The van der Waals surface area contributed by atoms with Crippen molar-refractivity contribution in [3.63, 3.8) is 0 Å². The van der Waals surface area contributed by atoms with Gasteiger partial charge < -0.3 is 4.90 Å². The number of benzene rings is 1. The zero-order chi connectivity index (χ0) is 14.0. The summed E-state index contributed by atoms with van der Waals surface area (Å²) in [7, 11) is 0. The first kappa shape index (κ1) is 14.0. The molecule has 1 fully saturated rings. The molecule has 2 rings (SSSR count). The maximum Gasteiger partial charge on any atom is 0.256 e. The molecule has 1 aromatic rings. The predicted molar refractivity (Wildman–Crippen MR) is 74.7 cm³/mol. The van der Waals surface area contributed by atoms with Crippen molar-refractivity contribution in [3.05, 3.63) is 35.1 Å². The van der Waals surface area contributed by atoms with Crippen LogP contribution in [0.1, 0.15) is 49.0 Å². The van der Waals surface area contributed by atoms with Crippen LogP contribution in [0.15, 0.2) is 18.2 Å². The molecule has 1 heterocycles. The molecule has 2 nitrogen and oxygen atoms in total. The van der Waals surface area contributed by atoms with Gasteiger partial charge in [-0.1, -0.05) is 26.0 Å². The Balaban J connectivity index is 2.18. The zero-order valence-electron chi connectivity index (χ0n) is 12.0. The third kappa shape index (κ3) is 3.14. The van der Waals surface area contributed by atoms with E-state index in [1.807, 2.05) is 0 Å². The van der Waals surface area contributed by atoms with Crippen molar-refractivity contribution in [2.24, 2.45) is 5.41 Å². The maximum absolute atomic E-state index is 14.0. The summed E-state index contributed by atoms with van der Waals surface area (Å²) in [4.78, 5) is 14.2. The van der Waals surface area contributed by atoms with E-state index in [1.54, 1.807) is 30.0 Å². The molecule has 0 radical (unpaired) electrons. The topological polar surface area (TPSA) is 20.3 Å². The van der Waals surface area contributed by atoms with Crippen LogP contribution in [-0.2, 0) is 0 Å². The fraction of sp³-hybridized carbons (Fsp3) is 0.562. The van der Waals surface area contributed by atoms with E-state index in [0.29, 0.717) is 5.56 Å². The molecule has 0 bridgehead atoms. The summed E-state index contributed by atoms with van der Waals surface area (Å²) < 4.78 is 14.0. The minimum absolute atomic E-state index is 0.168. The SMILES string of the molecule is Cc1cccc(C(=O)N2CCCC(C)(C)CC2)c1F. The van der Waals surface area contributed by atoms with E-state index in [2.05, 4.69) is 13.8 Å². The summed E-state index contributed by atoms with van der Waals surface area (Å²) in [5, 5.41) is 0. The van der Waals surface area contributed by atoms with Crippen molar-refractivity contribution in [3.8, 4) is 0 Å². The number of aryl methyl sites for hydroxylation is 1. The number of carbonyl (C=O) groups excluding carboxylic acids is 1. The van der Waals surface area contributed by atoms with Gasteiger partial charge in [0.05, 0.1) is 5.56 Å². The van der Waals surface area contributed by atoms with Crippen LogP contribution in [0.25, 0.3) is 0 Å². The monoisotopic (exact) mass is 263 g/mol. The van der Waals surface area contributed by atoms with Crippen LogP contribution in [0, 0.1) is 18.2 Å². The molecule has 0 aromatic heterocycles. The molecule has 104 valence electrons. The zero-order valence-corrected chi connectivity index (χ0v) is 12.0. The highest BCUT2D eigenvalue weighted by molar-refractivity contribution is 5.94. The van der Waals surface area contributed by atoms with Gasteiger partial charge in [-0.3, -0.25) is 4.79 Å². The van der Waals surface area contributed by atoms with Gasteiger partial charge in [0, 0.05) is 13.1 Å². The van der Waals surface area contributed by atoms with Crippen molar-refractivity contribution in [2.75, 3.05) is 13.1 Å². The van der Waals surface area contributed by atoms with Crippen LogP contribution < -0.4 is 0 Å². The Morgan fingerprint density at radius 1 is 1.26 bits per heavy atom. The number of hydrogen-bond acceptors (Lipinski definition) is 1. The Labute approximate surface area is 114 Å². The molecule has 0 aliphatic carbocycles. The molecule has 0 spiro atoms. The van der Waals surface area contributed by atoms with Crippen LogP contribution in [0.3, 0.4) is 0 Å². The molecule has 1 amide bonds. The van der Waals surface area contributed by atoms with Gasteiger partial charge in [0.2, 0.25) is 0 Å². The number of halogens is 1. The fourth-order valence-corrected chi connectivity index (χ4v) is 2.61. The summed E-state index contributed by atoms with van der Waals surface area (Å²) >= 11 is 0. The normalized spacial score (nSPS) is 19.1. The van der Waals surface area contributed by atoms with Crippen molar-refractivity contribution in [2.45, 2.75) is 40.0 Å². The first-order chi connectivity index (χ1) is 8.91. The number of nitrogens with zero attached hydrogens (tertiary/aromatic N) is 1. The molecule has 19 heavy (non-hydrogen) atoms. The van der Waals surface area contributed by atoms with Crippen molar-refractivity contribution in [1.82, 2.24) is 4.90 Å². The molecule has 3 heteroatoms. The second-order valence-electron chi connectivity index (χ2n) is 6.25. The smallest absolute Gasteiger partial charge is 0.256 e. The summed E-state index contributed by atoms with van der Waals surface area (Å²) in [6, 6.07) is 5.02. The first-order valence-corrected chi connectivity index (χ1v) is 6.95. The largest absolute Gasteiger partial charge is 0.339 e. The summed E-state index contributed by atoms with van der Waals surface area (Å²) in [5.74, 6) is -0.546. The van der Waals surface area contributed by atoms with E-state index in [-0.39, 0.29) is 22.7 Å². The molecular weight excluding hydrogens is 241 g/mol. The van der Waals surface area contributed by atoms with Crippen molar-refractivity contribution < 1.29 is 9.18 Å². The Hall–Kier alpha value is -1.38. The van der Waals surface area contributed by atoms with Gasteiger partial charge in [0.1, 0.15) is 5.82 Å². The lowest BCUT2D eigenvalue weighted by molar-refractivity contribution is 0.0752. The van der Waals surface area contributed by atoms with Crippen LogP contribution in [-0.4, -0.2) is 23.9 Å². The minimum Gasteiger partial charge on any atom is -0.339 e. The minimum atomic E-state index is -0.379. The molecule has 0 N–H and O–H groups in total. The lowest BCUT2D eigenvalue weighted by Crippen LogP contribution is -2.33. The predicted octanol–water partition coefficient (Wildman–Crippen LogP) is 3.79. The Morgan fingerprint density at radius 3 is 2.74 bits per heavy atom. The van der Waals surface area contributed by atoms with Crippen LogP contribution in [0.5, 0.6) is 0 Å². The van der Waals surface area contributed by atoms with Gasteiger partial charge in [0.15, 0.2) is 0 Å². The van der Waals surface area contributed by atoms with Gasteiger partial charge in [-0.15, -0.1) is 0 Å². The van der Waals surface area contributed by atoms with E-state index in [4.69, 9.17) is 0 Å². The average molecular weight is 263 g/mol. The summed E-state index contributed by atoms with van der Waals surface area (Å²) in [6.07, 6.45) is 3.09. The lowest BCUT2D eigenvalue weighted by atomic mass is 9.85.